The zero-order valence-electron chi connectivity index (χ0n) is 10.1. The van der Waals surface area contributed by atoms with Crippen molar-refractivity contribution < 1.29 is 4.42 Å². The summed E-state index contributed by atoms with van der Waals surface area (Å²) in [5, 5.41) is 10.4. The van der Waals surface area contributed by atoms with Crippen LogP contribution < -0.4 is 5.32 Å². The number of H-pyrrole nitrogens is 1. The number of nitrogens with one attached hydrogen (secondary N) is 2. The summed E-state index contributed by atoms with van der Waals surface area (Å²) in [6.45, 7) is 8.21. The summed E-state index contributed by atoms with van der Waals surface area (Å²) < 4.78 is 5.51. The minimum Gasteiger partial charge on any atom is -0.460 e. The van der Waals surface area contributed by atoms with Crippen LogP contribution in [-0.2, 0) is 0 Å². The molecule has 2 aromatic heterocycles. The molecular formula is C12H17N3O. The lowest BCUT2D eigenvalue weighted by atomic mass is 10.1. The van der Waals surface area contributed by atoms with Gasteiger partial charge in [-0.25, -0.2) is 0 Å². The smallest absolute Gasteiger partial charge is 0.152 e. The SMILES string of the molecule is Cc1ccc(-c2cc(NC(C)(C)C)n[nH]2)o1. The molecule has 0 atom stereocenters. The Balaban J connectivity index is 2.20. The van der Waals surface area contributed by atoms with Crippen LogP contribution in [0.15, 0.2) is 22.6 Å². The van der Waals surface area contributed by atoms with Crippen LogP contribution in [0.25, 0.3) is 11.5 Å². The van der Waals surface area contributed by atoms with Crippen molar-refractivity contribution >= 4 is 5.82 Å². The third-order valence-corrected chi connectivity index (χ3v) is 2.09. The van der Waals surface area contributed by atoms with Crippen LogP contribution in [0.3, 0.4) is 0 Å². The van der Waals surface area contributed by atoms with Crippen LogP contribution in [0, 0.1) is 6.92 Å². The molecule has 0 aliphatic heterocycles. The van der Waals surface area contributed by atoms with Gasteiger partial charge in [-0.05, 0) is 39.8 Å². The third kappa shape index (κ3) is 2.45. The molecule has 0 fully saturated rings. The first-order chi connectivity index (χ1) is 7.44. The molecule has 0 saturated carbocycles. The molecule has 2 N–H and O–H groups in total. The van der Waals surface area contributed by atoms with E-state index in [1.54, 1.807) is 0 Å². The highest BCUT2D eigenvalue weighted by atomic mass is 16.3. The summed E-state index contributed by atoms with van der Waals surface area (Å²) in [6.07, 6.45) is 0. The van der Waals surface area contributed by atoms with Crippen molar-refractivity contribution in [2.75, 3.05) is 5.32 Å². The molecule has 2 heterocycles. The van der Waals surface area contributed by atoms with Crippen LogP contribution in [-0.4, -0.2) is 15.7 Å². The summed E-state index contributed by atoms with van der Waals surface area (Å²) in [5.41, 5.74) is 0.894. The Morgan fingerprint density at radius 1 is 1.31 bits per heavy atom. The lowest BCUT2D eigenvalue weighted by Crippen LogP contribution is -2.26. The fourth-order valence-electron chi connectivity index (χ4n) is 1.48. The Bertz CT molecular complexity index is 476. The predicted molar refractivity (Wildman–Crippen MR) is 64.4 cm³/mol. The maximum atomic E-state index is 5.51. The van der Waals surface area contributed by atoms with Gasteiger partial charge in [-0.15, -0.1) is 0 Å². The van der Waals surface area contributed by atoms with E-state index in [1.807, 2.05) is 25.1 Å². The van der Waals surface area contributed by atoms with Gasteiger partial charge in [-0.3, -0.25) is 5.10 Å². The molecule has 4 heteroatoms. The largest absolute Gasteiger partial charge is 0.460 e. The first-order valence-electron chi connectivity index (χ1n) is 5.34. The van der Waals surface area contributed by atoms with E-state index in [-0.39, 0.29) is 5.54 Å². The molecule has 16 heavy (non-hydrogen) atoms. The second kappa shape index (κ2) is 3.70. The summed E-state index contributed by atoms with van der Waals surface area (Å²) in [6, 6.07) is 5.82. The highest BCUT2D eigenvalue weighted by Crippen LogP contribution is 2.23. The monoisotopic (exact) mass is 219 g/mol. The van der Waals surface area contributed by atoms with E-state index in [2.05, 4.69) is 36.3 Å². The number of aromatic amines is 1. The topological polar surface area (TPSA) is 53.9 Å². The van der Waals surface area contributed by atoms with Gasteiger partial charge in [0.1, 0.15) is 17.3 Å². The summed E-state index contributed by atoms with van der Waals surface area (Å²) in [7, 11) is 0. The van der Waals surface area contributed by atoms with Crippen molar-refractivity contribution in [1.29, 1.82) is 0 Å². The van der Waals surface area contributed by atoms with E-state index in [9.17, 15) is 0 Å². The van der Waals surface area contributed by atoms with Gasteiger partial charge >= 0.3 is 0 Å². The summed E-state index contributed by atoms with van der Waals surface area (Å²) in [5.74, 6) is 2.54. The molecule has 0 spiro atoms. The van der Waals surface area contributed by atoms with Crippen molar-refractivity contribution in [3.05, 3.63) is 24.0 Å². The molecule has 0 saturated heterocycles. The molecule has 0 aliphatic rings. The molecule has 0 amide bonds. The van der Waals surface area contributed by atoms with E-state index in [0.717, 1.165) is 23.0 Å². The summed E-state index contributed by atoms with van der Waals surface area (Å²) >= 11 is 0. The van der Waals surface area contributed by atoms with Crippen molar-refractivity contribution in [1.82, 2.24) is 10.2 Å². The van der Waals surface area contributed by atoms with Gasteiger partial charge in [0.25, 0.3) is 0 Å². The van der Waals surface area contributed by atoms with Crippen molar-refractivity contribution in [2.24, 2.45) is 0 Å². The standard InChI is InChI=1S/C12H17N3O/c1-8-5-6-10(16-8)9-7-11(15-14-9)13-12(2,3)4/h5-7H,1-4H3,(H2,13,14,15). The van der Waals surface area contributed by atoms with Gasteiger partial charge < -0.3 is 9.73 Å². The maximum absolute atomic E-state index is 5.51. The zero-order valence-corrected chi connectivity index (χ0v) is 10.1. The Morgan fingerprint density at radius 3 is 2.62 bits per heavy atom. The Labute approximate surface area is 95.1 Å². The average Bonchev–Trinajstić information content (AvgIpc) is 2.71. The lowest BCUT2D eigenvalue weighted by molar-refractivity contribution is 0.546. The van der Waals surface area contributed by atoms with E-state index in [0.29, 0.717) is 0 Å². The van der Waals surface area contributed by atoms with Crippen LogP contribution in [0.4, 0.5) is 5.82 Å². The van der Waals surface area contributed by atoms with Crippen LogP contribution >= 0.6 is 0 Å². The van der Waals surface area contributed by atoms with E-state index in [1.165, 1.54) is 0 Å². The van der Waals surface area contributed by atoms with Crippen molar-refractivity contribution in [3.63, 3.8) is 0 Å². The number of aryl methyl sites for hydroxylation is 1. The van der Waals surface area contributed by atoms with E-state index >= 15 is 0 Å². The predicted octanol–water partition coefficient (Wildman–Crippen LogP) is 3.19. The highest BCUT2D eigenvalue weighted by Gasteiger charge is 2.13. The third-order valence-electron chi connectivity index (χ3n) is 2.09. The highest BCUT2D eigenvalue weighted by molar-refractivity contribution is 5.57. The second-order valence-electron chi connectivity index (χ2n) is 4.95. The molecule has 0 bridgehead atoms. The van der Waals surface area contributed by atoms with Crippen LogP contribution in [0.2, 0.25) is 0 Å². The molecular weight excluding hydrogens is 202 g/mol. The molecule has 0 aliphatic carbocycles. The number of furan rings is 1. The average molecular weight is 219 g/mol. The quantitative estimate of drug-likeness (QED) is 0.815. The molecule has 2 aromatic rings. The number of nitrogens with zero attached hydrogens (tertiary/aromatic N) is 1. The Morgan fingerprint density at radius 2 is 2.06 bits per heavy atom. The number of hydrogen-bond donors (Lipinski definition) is 2. The van der Waals surface area contributed by atoms with Gasteiger partial charge in [0, 0.05) is 11.6 Å². The lowest BCUT2D eigenvalue weighted by Gasteiger charge is -2.19. The Kier molecular flexibility index (Phi) is 2.50. The minimum atomic E-state index is 0.00550. The summed E-state index contributed by atoms with van der Waals surface area (Å²) in [4.78, 5) is 0. The molecule has 0 aromatic carbocycles. The van der Waals surface area contributed by atoms with E-state index in [4.69, 9.17) is 4.42 Å². The Hall–Kier alpha value is -1.71. The minimum absolute atomic E-state index is 0.00550. The molecule has 0 unspecified atom stereocenters. The number of anilines is 1. The second-order valence-corrected chi connectivity index (χ2v) is 4.95. The van der Waals surface area contributed by atoms with Gasteiger partial charge in [0.05, 0.1) is 0 Å². The fraction of sp³-hybridized carbons (Fsp3) is 0.417. The van der Waals surface area contributed by atoms with E-state index < -0.39 is 0 Å². The zero-order chi connectivity index (χ0) is 11.8. The number of rotatable bonds is 2. The van der Waals surface area contributed by atoms with Gasteiger partial charge in [-0.1, -0.05) is 0 Å². The van der Waals surface area contributed by atoms with Crippen LogP contribution in [0.5, 0.6) is 0 Å². The first-order valence-corrected chi connectivity index (χ1v) is 5.34. The van der Waals surface area contributed by atoms with Crippen LogP contribution in [0.1, 0.15) is 26.5 Å². The fourth-order valence-corrected chi connectivity index (χ4v) is 1.48. The normalized spacial score (nSPS) is 11.8. The van der Waals surface area contributed by atoms with Gasteiger partial charge in [0.2, 0.25) is 0 Å². The maximum Gasteiger partial charge on any atom is 0.152 e. The number of aromatic nitrogens is 2. The van der Waals surface area contributed by atoms with Gasteiger partial charge in [-0.2, -0.15) is 5.10 Å². The van der Waals surface area contributed by atoms with Gasteiger partial charge in [0.15, 0.2) is 5.76 Å². The molecule has 86 valence electrons. The first kappa shape index (κ1) is 10.8. The number of hydrogen-bond acceptors (Lipinski definition) is 3. The molecule has 2 rings (SSSR count). The molecule has 4 nitrogen and oxygen atoms in total. The molecule has 0 radical (unpaired) electrons. The van der Waals surface area contributed by atoms with Crippen molar-refractivity contribution in [3.8, 4) is 11.5 Å². The van der Waals surface area contributed by atoms with Crippen molar-refractivity contribution in [2.45, 2.75) is 33.2 Å².